The summed E-state index contributed by atoms with van der Waals surface area (Å²) in [6.07, 6.45) is 3.62. The van der Waals surface area contributed by atoms with Crippen LogP contribution < -0.4 is 0 Å². The minimum Gasteiger partial charge on any atom is -0.305 e. The first-order valence-corrected chi connectivity index (χ1v) is 5.63. The number of alkyl halides is 3. The van der Waals surface area contributed by atoms with Crippen LogP contribution in [0.1, 0.15) is 6.42 Å². The molecule has 5 heteroatoms. The van der Waals surface area contributed by atoms with Crippen molar-refractivity contribution in [2.24, 2.45) is 0 Å². The average molecular weight is 337 g/mol. The molecule has 84 valence electrons. The number of fused-ring (bicyclic) bond motifs is 1. The number of hydrogen-bond donors (Lipinski definition) is 0. The standard InChI is InChI=1S/C11H7F3IN/c12-11(13,14)8-5-6-9-3-1-2-4-10(15)16(9)7-8/h1,4-7H,2H2. The van der Waals surface area contributed by atoms with Crippen LogP contribution in [0.5, 0.6) is 0 Å². The smallest absolute Gasteiger partial charge is 0.305 e. The van der Waals surface area contributed by atoms with Crippen LogP contribution in [-0.2, 0) is 0 Å². The molecular formula is C11H7F3IN. The zero-order valence-electron chi connectivity index (χ0n) is 8.05. The molecule has 0 amide bonds. The first-order valence-electron chi connectivity index (χ1n) is 4.55. The van der Waals surface area contributed by atoms with Crippen molar-refractivity contribution in [2.45, 2.75) is 12.6 Å². The lowest BCUT2D eigenvalue weighted by Crippen LogP contribution is -2.20. The van der Waals surface area contributed by atoms with Gasteiger partial charge in [-0.1, -0.05) is 5.73 Å². The highest BCUT2D eigenvalue weighted by molar-refractivity contribution is 14.1. The predicted molar refractivity (Wildman–Crippen MR) is 63.4 cm³/mol. The van der Waals surface area contributed by atoms with Crippen molar-refractivity contribution in [3.05, 3.63) is 51.2 Å². The van der Waals surface area contributed by atoms with Gasteiger partial charge in [0.15, 0.2) is 0 Å². The summed E-state index contributed by atoms with van der Waals surface area (Å²) in [5.41, 5.74) is 2.93. The second-order valence-electron chi connectivity index (χ2n) is 3.28. The molecule has 0 aliphatic carbocycles. The van der Waals surface area contributed by atoms with E-state index in [9.17, 15) is 13.2 Å². The fourth-order valence-corrected chi connectivity index (χ4v) is 2.03. The summed E-state index contributed by atoms with van der Waals surface area (Å²) >= 11 is 2.01. The SMILES string of the molecule is FC(F)(F)C1=CN2C(=C=CCC=C2I)C=C1. The predicted octanol–water partition coefficient (Wildman–Crippen LogP) is 4.02. The summed E-state index contributed by atoms with van der Waals surface area (Å²) in [4.78, 5) is 1.49. The number of hydrogen-bond acceptors (Lipinski definition) is 1. The number of rotatable bonds is 0. The third kappa shape index (κ3) is 2.25. The fourth-order valence-electron chi connectivity index (χ4n) is 1.38. The quantitative estimate of drug-likeness (QED) is 0.367. The van der Waals surface area contributed by atoms with Gasteiger partial charge in [0.1, 0.15) is 0 Å². The molecule has 2 heterocycles. The molecule has 0 saturated carbocycles. The third-order valence-electron chi connectivity index (χ3n) is 2.16. The van der Waals surface area contributed by atoms with Gasteiger partial charge < -0.3 is 4.90 Å². The number of halogens is 4. The van der Waals surface area contributed by atoms with E-state index in [1.165, 1.54) is 11.0 Å². The van der Waals surface area contributed by atoms with Gasteiger partial charge in [0, 0.05) is 6.20 Å². The third-order valence-corrected chi connectivity index (χ3v) is 3.12. The van der Waals surface area contributed by atoms with Crippen molar-refractivity contribution in [1.29, 1.82) is 0 Å². The minimum atomic E-state index is -4.31. The van der Waals surface area contributed by atoms with Crippen LogP contribution in [0.2, 0.25) is 0 Å². The molecule has 0 aromatic rings. The van der Waals surface area contributed by atoms with E-state index >= 15 is 0 Å². The summed E-state index contributed by atoms with van der Waals surface area (Å²) in [7, 11) is 0. The van der Waals surface area contributed by atoms with Crippen LogP contribution in [0, 0.1) is 0 Å². The summed E-state index contributed by atoms with van der Waals surface area (Å²) in [5.74, 6) is 0. The maximum atomic E-state index is 12.5. The van der Waals surface area contributed by atoms with Crippen LogP contribution in [0.25, 0.3) is 0 Å². The van der Waals surface area contributed by atoms with Crippen molar-refractivity contribution in [2.75, 3.05) is 0 Å². The van der Waals surface area contributed by atoms with Crippen LogP contribution in [0.4, 0.5) is 13.2 Å². The van der Waals surface area contributed by atoms with E-state index in [-0.39, 0.29) is 0 Å². The topological polar surface area (TPSA) is 3.24 Å². The molecule has 2 rings (SSSR count). The molecule has 0 spiro atoms. The molecule has 16 heavy (non-hydrogen) atoms. The molecule has 1 nitrogen and oxygen atoms in total. The average Bonchev–Trinajstić information content (AvgIpc) is 2.39. The van der Waals surface area contributed by atoms with E-state index in [0.29, 0.717) is 12.1 Å². The molecule has 0 bridgehead atoms. The molecule has 2 aliphatic rings. The van der Waals surface area contributed by atoms with Crippen LogP contribution in [-0.4, -0.2) is 11.1 Å². The zero-order valence-corrected chi connectivity index (χ0v) is 10.2. The maximum absolute atomic E-state index is 12.5. The van der Waals surface area contributed by atoms with E-state index < -0.39 is 11.7 Å². The Kier molecular flexibility index (Phi) is 2.99. The Morgan fingerprint density at radius 1 is 1.31 bits per heavy atom. The number of allylic oxidation sites excluding steroid dienone is 4. The van der Waals surface area contributed by atoms with E-state index in [1.807, 2.05) is 28.7 Å². The van der Waals surface area contributed by atoms with Crippen molar-refractivity contribution in [3.8, 4) is 0 Å². The Bertz CT molecular complexity index is 462. The van der Waals surface area contributed by atoms with Gasteiger partial charge in [0.25, 0.3) is 0 Å². The lowest BCUT2D eigenvalue weighted by atomic mass is 10.1. The van der Waals surface area contributed by atoms with Crippen molar-refractivity contribution in [3.63, 3.8) is 0 Å². The largest absolute Gasteiger partial charge is 0.417 e. The first-order chi connectivity index (χ1) is 7.48. The summed E-state index contributed by atoms with van der Waals surface area (Å²) in [6.45, 7) is 0. The van der Waals surface area contributed by atoms with E-state index in [4.69, 9.17) is 0 Å². The molecule has 0 aromatic heterocycles. The van der Waals surface area contributed by atoms with E-state index in [2.05, 4.69) is 5.73 Å². The highest BCUT2D eigenvalue weighted by Gasteiger charge is 2.34. The van der Waals surface area contributed by atoms with Gasteiger partial charge in [0.2, 0.25) is 0 Å². The first kappa shape index (κ1) is 11.5. The summed E-state index contributed by atoms with van der Waals surface area (Å²) in [6, 6.07) is 0. The number of nitrogens with zero attached hydrogens (tertiary/aromatic N) is 1. The van der Waals surface area contributed by atoms with Gasteiger partial charge >= 0.3 is 6.18 Å². The Hall–Kier alpha value is -0.940. The Labute approximate surface area is 104 Å². The Morgan fingerprint density at radius 3 is 2.75 bits per heavy atom. The molecule has 0 unspecified atom stereocenters. The molecule has 0 fully saturated rings. The maximum Gasteiger partial charge on any atom is 0.417 e. The van der Waals surface area contributed by atoms with Gasteiger partial charge in [-0.05, 0) is 53.3 Å². The molecule has 2 aliphatic heterocycles. The van der Waals surface area contributed by atoms with Crippen LogP contribution in [0.15, 0.2) is 51.2 Å². The Morgan fingerprint density at radius 2 is 2.06 bits per heavy atom. The van der Waals surface area contributed by atoms with E-state index in [1.54, 1.807) is 6.08 Å². The Balaban J connectivity index is 2.44. The molecule has 0 N–H and O–H groups in total. The molecule has 0 atom stereocenters. The molecule has 0 aromatic carbocycles. The van der Waals surface area contributed by atoms with Gasteiger partial charge in [-0.15, -0.1) is 0 Å². The van der Waals surface area contributed by atoms with Gasteiger partial charge in [-0.2, -0.15) is 13.2 Å². The molecular weight excluding hydrogens is 330 g/mol. The highest BCUT2D eigenvalue weighted by atomic mass is 127. The fraction of sp³-hybridized carbons (Fsp3) is 0.182. The highest BCUT2D eigenvalue weighted by Crippen LogP contribution is 2.34. The summed E-state index contributed by atoms with van der Waals surface area (Å²) in [5, 5.41) is 0. The van der Waals surface area contributed by atoms with Gasteiger partial charge in [-0.3, -0.25) is 0 Å². The van der Waals surface area contributed by atoms with Crippen molar-refractivity contribution >= 4 is 22.6 Å². The zero-order chi connectivity index (χ0) is 11.8. The lowest BCUT2D eigenvalue weighted by molar-refractivity contribution is -0.0891. The summed E-state index contributed by atoms with van der Waals surface area (Å²) < 4.78 is 38.3. The van der Waals surface area contributed by atoms with Gasteiger partial charge in [0.05, 0.1) is 15.0 Å². The van der Waals surface area contributed by atoms with Crippen molar-refractivity contribution in [1.82, 2.24) is 4.90 Å². The lowest BCUT2D eigenvalue weighted by Gasteiger charge is -2.24. The van der Waals surface area contributed by atoms with Crippen LogP contribution >= 0.6 is 22.6 Å². The second-order valence-corrected chi connectivity index (χ2v) is 4.39. The molecule has 0 saturated heterocycles. The van der Waals surface area contributed by atoms with Crippen molar-refractivity contribution < 1.29 is 13.2 Å². The molecule has 0 radical (unpaired) electrons. The minimum absolute atomic E-state index is 0.631. The van der Waals surface area contributed by atoms with Crippen LogP contribution in [0.3, 0.4) is 0 Å². The van der Waals surface area contributed by atoms with Gasteiger partial charge in [-0.25, -0.2) is 0 Å². The normalized spacial score (nSPS) is 19.8. The monoisotopic (exact) mass is 337 g/mol. The van der Waals surface area contributed by atoms with E-state index in [0.717, 1.165) is 16.0 Å². The second kappa shape index (κ2) is 4.14.